The van der Waals surface area contributed by atoms with E-state index < -0.39 is 0 Å². The Balaban J connectivity index is 1.73. The summed E-state index contributed by atoms with van der Waals surface area (Å²) >= 11 is 1.36. The molecule has 1 unspecified atom stereocenters. The average Bonchev–Trinajstić information content (AvgIpc) is 3.17. The number of methoxy groups -OCH3 is 1. The lowest BCUT2D eigenvalue weighted by Gasteiger charge is -2.11. The zero-order valence-electron chi connectivity index (χ0n) is 12.8. The molecule has 6 nitrogen and oxygen atoms in total. The molecule has 1 aromatic heterocycles. The highest BCUT2D eigenvalue weighted by Gasteiger charge is 2.20. The van der Waals surface area contributed by atoms with Gasteiger partial charge in [0.05, 0.1) is 19.8 Å². The molecular formula is C15H18FN3O3S. The molecule has 1 fully saturated rings. The Kier molecular flexibility index (Phi) is 5.02. The second kappa shape index (κ2) is 7.18. The van der Waals surface area contributed by atoms with Gasteiger partial charge in [0.25, 0.3) is 0 Å². The smallest absolute Gasteiger partial charge is 0.344 e. The van der Waals surface area contributed by atoms with Crippen LogP contribution in [0.15, 0.2) is 28.2 Å². The molecule has 0 amide bonds. The zero-order valence-corrected chi connectivity index (χ0v) is 13.6. The van der Waals surface area contributed by atoms with Gasteiger partial charge in [-0.3, -0.25) is 4.57 Å². The van der Waals surface area contributed by atoms with Gasteiger partial charge in [0, 0.05) is 17.9 Å². The first kappa shape index (κ1) is 16.1. The average molecular weight is 339 g/mol. The maximum Gasteiger partial charge on any atom is 0.344 e. The number of hydrogen-bond acceptors (Lipinski definition) is 5. The van der Waals surface area contributed by atoms with E-state index in [1.807, 2.05) is 0 Å². The second-order valence-electron chi connectivity index (χ2n) is 5.30. The second-order valence-corrected chi connectivity index (χ2v) is 6.24. The van der Waals surface area contributed by atoms with Gasteiger partial charge in [-0.2, -0.15) is 0 Å². The van der Waals surface area contributed by atoms with Crippen LogP contribution >= 0.6 is 11.8 Å². The predicted molar refractivity (Wildman–Crippen MR) is 84.3 cm³/mol. The Morgan fingerprint density at radius 1 is 1.57 bits per heavy atom. The first-order valence-electron chi connectivity index (χ1n) is 7.39. The van der Waals surface area contributed by atoms with E-state index in [2.05, 4.69) is 10.2 Å². The van der Waals surface area contributed by atoms with Gasteiger partial charge in [-0.15, -0.1) is 5.10 Å². The fourth-order valence-corrected chi connectivity index (χ4v) is 3.50. The molecule has 1 saturated heterocycles. The van der Waals surface area contributed by atoms with E-state index in [0.717, 1.165) is 25.0 Å². The number of rotatable bonds is 6. The van der Waals surface area contributed by atoms with Crippen LogP contribution in [0.1, 0.15) is 18.4 Å². The van der Waals surface area contributed by atoms with Crippen molar-refractivity contribution in [3.63, 3.8) is 0 Å². The molecule has 1 aliphatic rings. The molecule has 3 rings (SSSR count). The molecule has 23 heavy (non-hydrogen) atoms. The third kappa shape index (κ3) is 3.76. The number of hydrogen-bond donors (Lipinski definition) is 1. The number of halogens is 1. The number of nitrogens with one attached hydrogen (secondary N) is 1. The quantitative estimate of drug-likeness (QED) is 0.817. The van der Waals surface area contributed by atoms with Gasteiger partial charge in [0.1, 0.15) is 11.6 Å². The highest BCUT2D eigenvalue weighted by atomic mass is 32.2. The number of H-pyrrole nitrogens is 1. The molecule has 1 aromatic carbocycles. The number of aromatic nitrogens is 3. The fourth-order valence-electron chi connectivity index (χ4n) is 2.57. The van der Waals surface area contributed by atoms with Gasteiger partial charge in [-0.25, -0.2) is 14.3 Å². The zero-order chi connectivity index (χ0) is 16.2. The van der Waals surface area contributed by atoms with Crippen molar-refractivity contribution in [3.8, 4) is 5.75 Å². The van der Waals surface area contributed by atoms with Crippen molar-refractivity contribution in [3.05, 3.63) is 40.1 Å². The van der Waals surface area contributed by atoms with Crippen LogP contribution in [0.25, 0.3) is 0 Å². The predicted octanol–water partition coefficient (Wildman–Crippen LogP) is 2.19. The van der Waals surface area contributed by atoms with Gasteiger partial charge in [0.15, 0.2) is 5.16 Å². The number of thioether (sulfide) groups is 1. The van der Waals surface area contributed by atoms with Gasteiger partial charge in [-0.05, 0) is 31.0 Å². The van der Waals surface area contributed by atoms with Crippen LogP contribution in [0.4, 0.5) is 4.39 Å². The van der Waals surface area contributed by atoms with E-state index in [-0.39, 0.29) is 17.6 Å². The molecule has 1 N–H and O–H groups in total. The summed E-state index contributed by atoms with van der Waals surface area (Å²) in [6, 6.07) is 4.38. The Bertz CT molecular complexity index is 725. The van der Waals surface area contributed by atoms with Crippen molar-refractivity contribution >= 4 is 11.8 Å². The third-order valence-corrected chi connectivity index (χ3v) is 4.76. The monoisotopic (exact) mass is 339 g/mol. The van der Waals surface area contributed by atoms with Crippen LogP contribution in [0, 0.1) is 5.82 Å². The summed E-state index contributed by atoms with van der Waals surface area (Å²) in [7, 11) is 1.54. The molecule has 2 aromatic rings. The summed E-state index contributed by atoms with van der Waals surface area (Å²) in [6.07, 6.45) is 2.01. The molecule has 2 heterocycles. The van der Waals surface area contributed by atoms with Crippen molar-refractivity contribution in [2.24, 2.45) is 0 Å². The molecular weight excluding hydrogens is 321 g/mol. The summed E-state index contributed by atoms with van der Waals surface area (Å²) in [5.41, 5.74) is 0.464. The Hall–Kier alpha value is -1.80. The Morgan fingerprint density at radius 3 is 3.17 bits per heavy atom. The van der Waals surface area contributed by atoms with Crippen LogP contribution in [0.2, 0.25) is 0 Å². The molecule has 1 aliphatic heterocycles. The summed E-state index contributed by atoms with van der Waals surface area (Å²) in [5, 5.41) is 7.08. The topological polar surface area (TPSA) is 69.1 Å². The van der Waals surface area contributed by atoms with E-state index in [0.29, 0.717) is 23.2 Å². The van der Waals surface area contributed by atoms with Crippen LogP contribution < -0.4 is 10.4 Å². The Morgan fingerprint density at radius 2 is 2.43 bits per heavy atom. The lowest BCUT2D eigenvalue weighted by molar-refractivity contribution is 0.0941. The van der Waals surface area contributed by atoms with Crippen molar-refractivity contribution in [2.75, 3.05) is 13.7 Å². The van der Waals surface area contributed by atoms with Gasteiger partial charge >= 0.3 is 5.69 Å². The minimum absolute atomic E-state index is 0.0494. The van der Waals surface area contributed by atoms with Crippen LogP contribution in [-0.2, 0) is 17.0 Å². The van der Waals surface area contributed by atoms with Crippen molar-refractivity contribution in [2.45, 2.75) is 36.4 Å². The highest BCUT2D eigenvalue weighted by Crippen LogP contribution is 2.27. The van der Waals surface area contributed by atoms with Crippen LogP contribution in [0.5, 0.6) is 5.75 Å². The maximum absolute atomic E-state index is 13.4. The van der Waals surface area contributed by atoms with E-state index in [9.17, 15) is 9.18 Å². The standard InChI is InChI=1S/C15H18FN3O3S/c1-21-13-5-4-11(16)7-10(13)9-23-15-18-17-14(20)19(15)8-12-3-2-6-22-12/h4-5,7,12H,2-3,6,8-9H2,1H3,(H,17,20). The van der Waals surface area contributed by atoms with E-state index in [1.54, 1.807) is 17.7 Å². The van der Waals surface area contributed by atoms with Crippen molar-refractivity contribution in [1.82, 2.24) is 14.8 Å². The van der Waals surface area contributed by atoms with Gasteiger partial charge in [-0.1, -0.05) is 11.8 Å². The minimum Gasteiger partial charge on any atom is -0.496 e. The summed E-state index contributed by atoms with van der Waals surface area (Å²) < 4.78 is 25.8. The normalized spacial score (nSPS) is 17.6. The Labute approximate surface area is 137 Å². The van der Waals surface area contributed by atoms with Gasteiger partial charge in [0.2, 0.25) is 0 Å². The number of ether oxygens (including phenoxy) is 2. The van der Waals surface area contributed by atoms with E-state index in [4.69, 9.17) is 9.47 Å². The van der Waals surface area contributed by atoms with E-state index in [1.165, 1.54) is 23.9 Å². The van der Waals surface area contributed by atoms with E-state index >= 15 is 0 Å². The largest absolute Gasteiger partial charge is 0.496 e. The van der Waals surface area contributed by atoms with Crippen LogP contribution in [0.3, 0.4) is 0 Å². The molecule has 0 radical (unpaired) electrons. The molecule has 0 bridgehead atoms. The highest BCUT2D eigenvalue weighted by molar-refractivity contribution is 7.98. The molecule has 0 saturated carbocycles. The van der Waals surface area contributed by atoms with Gasteiger partial charge < -0.3 is 9.47 Å². The first-order valence-corrected chi connectivity index (χ1v) is 8.38. The summed E-state index contributed by atoms with van der Waals surface area (Å²) in [4.78, 5) is 11.9. The first-order chi connectivity index (χ1) is 11.2. The molecule has 124 valence electrons. The SMILES string of the molecule is COc1ccc(F)cc1CSc1n[nH]c(=O)n1CC1CCCO1. The third-order valence-electron chi connectivity index (χ3n) is 3.73. The number of benzene rings is 1. The maximum atomic E-state index is 13.4. The van der Waals surface area contributed by atoms with Crippen molar-refractivity contribution < 1.29 is 13.9 Å². The summed E-state index contributed by atoms with van der Waals surface area (Å²) in [6.45, 7) is 1.22. The number of aromatic amines is 1. The number of nitrogens with zero attached hydrogens (tertiary/aromatic N) is 2. The lowest BCUT2D eigenvalue weighted by Crippen LogP contribution is -2.24. The van der Waals surface area contributed by atoms with Crippen molar-refractivity contribution in [1.29, 1.82) is 0 Å². The molecule has 1 atom stereocenters. The molecule has 8 heteroatoms. The summed E-state index contributed by atoms with van der Waals surface area (Å²) in [5.74, 6) is 0.749. The molecule has 0 spiro atoms. The fraction of sp³-hybridized carbons (Fsp3) is 0.467. The van der Waals surface area contributed by atoms with Crippen LogP contribution in [-0.4, -0.2) is 34.6 Å². The minimum atomic E-state index is -0.319. The lowest BCUT2D eigenvalue weighted by atomic mass is 10.2. The molecule has 0 aliphatic carbocycles.